The lowest BCUT2D eigenvalue weighted by atomic mass is 10.1. The van der Waals surface area contributed by atoms with Crippen LogP contribution in [0.3, 0.4) is 0 Å². The fourth-order valence-corrected chi connectivity index (χ4v) is 3.10. The summed E-state index contributed by atoms with van der Waals surface area (Å²) in [6.07, 6.45) is 0. The predicted molar refractivity (Wildman–Crippen MR) is 79.5 cm³/mol. The molecule has 98 valence electrons. The molecule has 0 amide bonds. The van der Waals surface area contributed by atoms with Crippen molar-refractivity contribution in [3.63, 3.8) is 0 Å². The van der Waals surface area contributed by atoms with Crippen molar-refractivity contribution in [1.29, 1.82) is 0 Å². The molecule has 0 aliphatic carbocycles. The topological polar surface area (TPSA) is 19.7 Å². The minimum Gasteiger partial charge on any atom is -0.346 e. The van der Waals surface area contributed by atoms with Gasteiger partial charge in [0.2, 0.25) is 11.0 Å². The average molecular weight is 286 g/mol. The molecule has 2 nitrogen and oxygen atoms in total. The van der Waals surface area contributed by atoms with E-state index in [9.17, 15) is 4.39 Å². The molecule has 2 aromatic carbocycles. The van der Waals surface area contributed by atoms with E-state index in [4.69, 9.17) is 11.6 Å². The van der Waals surface area contributed by atoms with E-state index >= 15 is 0 Å². The molecule has 4 heteroatoms. The average Bonchev–Trinajstić information content (AvgIpc) is 2.86. The Hall–Kier alpha value is -2.13. The molecule has 1 N–H and O–H groups in total. The Morgan fingerprint density at radius 2 is 1.75 bits per heavy atom. The Balaban J connectivity index is 2.39. The maximum Gasteiger partial charge on any atom is 0.241 e. The smallest absolute Gasteiger partial charge is 0.241 e. The first-order chi connectivity index (χ1) is 9.68. The molecule has 0 fully saturated rings. The minimum atomic E-state index is -0.235. The van der Waals surface area contributed by atoms with E-state index in [0.29, 0.717) is 15.9 Å². The number of H-pyrrole nitrogens is 1. The first-order valence-electron chi connectivity index (χ1n) is 6.34. The number of aromatic amines is 1. The number of aryl methyl sites for hydroxylation is 1. The number of hydrogen-bond acceptors (Lipinski definition) is 0. The maximum absolute atomic E-state index is 14.7. The molecule has 2 aromatic heterocycles. The number of rotatable bonds is 0. The summed E-state index contributed by atoms with van der Waals surface area (Å²) in [4.78, 5) is 3.12. The summed E-state index contributed by atoms with van der Waals surface area (Å²) in [5.74, 6) is -0.235. The largest absolute Gasteiger partial charge is 0.346 e. The zero-order chi connectivity index (χ0) is 13.9. The highest BCUT2D eigenvalue weighted by Crippen LogP contribution is 2.31. The summed E-state index contributed by atoms with van der Waals surface area (Å²) in [5, 5.41) is 2.13. The predicted octanol–water partition coefficient (Wildman–Crippen LogP) is 4.09. The highest BCUT2D eigenvalue weighted by atomic mass is 35.5. The third kappa shape index (κ3) is 1.36. The van der Waals surface area contributed by atoms with Crippen LogP contribution in [-0.2, 0) is 7.05 Å². The van der Waals surface area contributed by atoms with Crippen LogP contribution in [0.25, 0.3) is 32.8 Å². The number of hydrogen-bond donors (Lipinski definition) is 1. The van der Waals surface area contributed by atoms with Gasteiger partial charge in [-0.3, -0.25) is 0 Å². The van der Waals surface area contributed by atoms with Gasteiger partial charge in [0.15, 0.2) is 5.82 Å². The van der Waals surface area contributed by atoms with Crippen molar-refractivity contribution in [3.8, 4) is 0 Å². The van der Waals surface area contributed by atoms with Crippen molar-refractivity contribution in [2.24, 2.45) is 7.05 Å². The van der Waals surface area contributed by atoms with E-state index in [1.54, 1.807) is 12.1 Å². The third-order valence-electron chi connectivity index (χ3n) is 3.81. The van der Waals surface area contributed by atoms with Crippen molar-refractivity contribution in [2.45, 2.75) is 0 Å². The van der Waals surface area contributed by atoms with Gasteiger partial charge < -0.3 is 4.98 Å². The molecule has 4 aromatic rings. The highest BCUT2D eigenvalue weighted by molar-refractivity contribution is 6.36. The van der Waals surface area contributed by atoms with E-state index < -0.39 is 0 Å². The third-order valence-corrected chi connectivity index (χ3v) is 4.13. The van der Waals surface area contributed by atoms with Gasteiger partial charge >= 0.3 is 0 Å². The number of benzene rings is 2. The van der Waals surface area contributed by atoms with Gasteiger partial charge in [-0.1, -0.05) is 29.8 Å². The standard InChI is InChI=1S/C16H10ClFN2/c1-20-12-8-3-2-5-9(12)13(18)15-16(20)10-6-4-7-11(17)14(10)19-15/h2-8H,1H3/p+1. The van der Waals surface area contributed by atoms with Crippen LogP contribution < -0.4 is 4.57 Å². The molecule has 0 aliphatic rings. The second-order valence-electron chi connectivity index (χ2n) is 4.90. The summed E-state index contributed by atoms with van der Waals surface area (Å²) in [6, 6.07) is 13.1. The van der Waals surface area contributed by atoms with Gasteiger partial charge in [-0.25, -0.2) is 4.39 Å². The summed E-state index contributed by atoms with van der Waals surface area (Å²) in [7, 11) is 1.94. The van der Waals surface area contributed by atoms with E-state index in [0.717, 1.165) is 21.9 Å². The fourth-order valence-electron chi connectivity index (χ4n) is 2.88. The lowest BCUT2D eigenvalue weighted by Gasteiger charge is -2.00. The monoisotopic (exact) mass is 285 g/mol. The van der Waals surface area contributed by atoms with Gasteiger partial charge in [0, 0.05) is 6.07 Å². The molecule has 0 saturated heterocycles. The van der Waals surface area contributed by atoms with Crippen molar-refractivity contribution in [1.82, 2.24) is 4.98 Å². The van der Waals surface area contributed by atoms with E-state index in [1.807, 2.05) is 41.9 Å². The Kier molecular flexibility index (Phi) is 2.30. The molecular formula is C16H11ClFN2+. The Morgan fingerprint density at radius 1 is 1.00 bits per heavy atom. The number of nitrogens with zero attached hydrogens (tertiary/aromatic N) is 1. The zero-order valence-corrected chi connectivity index (χ0v) is 11.5. The van der Waals surface area contributed by atoms with Crippen molar-refractivity contribution in [3.05, 3.63) is 53.3 Å². The van der Waals surface area contributed by atoms with E-state index in [2.05, 4.69) is 4.98 Å². The van der Waals surface area contributed by atoms with Crippen LogP contribution in [0.4, 0.5) is 4.39 Å². The lowest BCUT2D eigenvalue weighted by molar-refractivity contribution is -0.617. The van der Waals surface area contributed by atoms with Gasteiger partial charge in [0.05, 0.1) is 21.3 Å². The van der Waals surface area contributed by atoms with Gasteiger partial charge in [0.1, 0.15) is 12.6 Å². The van der Waals surface area contributed by atoms with Crippen molar-refractivity contribution in [2.75, 3.05) is 0 Å². The summed E-state index contributed by atoms with van der Waals surface area (Å²) >= 11 is 6.20. The maximum atomic E-state index is 14.7. The number of nitrogens with one attached hydrogen (secondary N) is 1. The molecule has 0 atom stereocenters. The van der Waals surface area contributed by atoms with Crippen LogP contribution in [0.1, 0.15) is 0 Å². The van der Waals surface area contributed by atoms with Crippen LogP contribution in [-0.4, -0.2) is 4.98 Å². The quantitative estimate of drug-likeness (QED) is 0.470. The molecule has 0 unspecified atom stereocenters. The van der Waals surface area contributed by atoms with Crippen LogP contribution >= 0.6 is 11.6 Å². The minimum absolute atomic E-state index is 0.235. The molecule has 0 spiro atoms. The normalized spacial score (nSPS) is 11.8. The van der Waals surface area contributed by atoms with Crippen molar-refractivity contribution < 1.29 is 8.96 Å². The summed E-state index contributed by atoms with van der Waals surface area (Å²) in [6.45, 7) is 0. The second-order valence-corrected chi connectivity index (χ2v) is 5.31. The summed E-state index contributed by atoms with van der Waals surface area (Å²) in [5.41, 5.74) is 2.96. The number of para-hydroxylation sites is 2. The van der Waals surface area contributed by atoms with Gasteiger partial charge in [0.25, 0.3) is 0 Å². The van der Waals surface area contributed by atoms with Gasteiger partial charge in [-0.05, 0) is 18.2 Å². The summed E-state index contributed by atoms with van der Waals surface area (Å²) < 4.78 is 16.7. The fraction of sp³-hybridized carbons (Fsp3) is 0.0625. The molecule has 0 aliphatic heterocycles. The number of aromatic nitrogens is 2. The molecule has 0 radical (unpaired) electrons. The Morgan fingerprint density at radius 3 is 2.60 bits per heavy atom. The first kappa shape index (κ1) is 11.7. The van der Waals surface area contributed by atoms with Crippen LogP contribution in [0, 0.1) is 5.82 Å². The molecule has 0 saturated carbocycles. The molecular weight excluding hydrogens is 275 g/mol. The second kappa shape index (κ2) is 3.93. The van der Waals surface area contributed by atoms with Crippen LogP contribution in [0.2, 0.25) is 5.02 Å². The zero-order valence-electron chi connectivity index (χ0n) is 10.7. The SMILES string of the molecule is C[n+]1c2ccccc2c(F)c2[nH]c3c(Cl)cccc3c21. The van der Waals surface area contributed by atoms with E-state index in [1.165, 1.54) is 0 Å². The number of halogens is 2. The molecule has 2 heterocycles. The number of pyridine rings is 1. The lowest BCUT2D eigenvalue weighted by Crippen LogP contribution is -2.30. The van der Waals surface area contributed by atoms with E-state index in [-0.39, 0.29) is 5.82 Å². The van der Waals surface area contributed by atoms with Crippen LogP contribution in [0.5, 0.6) is 0 Å². The molecule has 4 rings (SSSR count). The number of fused-ring (bicyclic) bond motifs is 4. The van der Waals surface area contributed by atoms with Crippen LogP contribution in [0.15, 0.2) is 42.5 Å². The Bertz CT molecular complexity index is 988. The molecule has 0 bridgehead atoms. The van der Waals surface area contributed by atoms with Crippen molar-refractivity contribution >= 4 is 44.4 Å². The Labute approximate surface area is 119 Å². The first-order valence-corrected chi connectivity index (χ1v) is 6.72. The molecule has 20 heavy (non-hydrogen) atoms. The highest BCUT2D eigenvalue weighted by Gasteiger charge is 2.22. The van der Waals surface area contributed by atoms with Gasteiger partial charge in [-0.15, -0.1) is 0 Å². The van der Waals surface area contributed by atoms with Gasteiger partial charge in [-0.2, -0.15) is 4.57 Å².